The van der Waals surface area contributed by atoms with Crippen LogP contribution in [-0.2, 0) is 0 Å². The van der Waals surface area contributed by atoms with Crippen molar-refractivity contribution in [2.75, 3.05) is 5.32 Å². The number of carboxylic acids is 1. The van der Waals surface area contributed by atoms with Gasteiger partial charge in [0.05, 0.1) is 16.8 Å². The second kappa shape index (κ2) is 6.02. The van der Waals surface area contributed by atoms with Crippen LogP contribution in [-0.4, -0.2) is 22.0 Å². The molecule has 2 aromatic rings. The first-order valence-electron chi connectivity index (χ1n) is 5.44. The number of benzene rings is 1. The molecule has 0 aliphatic carbocycles. The van der Waals surface area contributed by atoms with E-state index in [4.69, 9.17) is 16.7 Å². The second-order valence-corrected chi connectivity index (χ2v) is 4.98. The molecule has 2 rings (SSSR count). The maximum atomic E-state index is 12.1. The standard InChI is InChI=1S/C13H8BrClN2O3/c14-9-5-1-3-7(13(19)20)10(9)17-12(18)8-4-2-6-16-11(8)15/h1-6H,(H,17,18)(H,19,20). The van der Waals surface area contributed by atoms with Crippen LogP contribution in [0.3, 0.4) is 0 Å². The SMILES string of the molecule is O=C(Nc1c(Br)cccc1C(=O)O)c1cccnc1Cl. The summed E-state index contributed by atoms with van der Waals surface area (Å²) in [5.74, 6) is -1.67. The normalized spacial score (nSPS) is 10.1. The van der Waals surface area contributed by atoms with E-state index < -0.39 is 11.9 Å². The second-order valence-electron chi connectivity index (χ2n) is 3.76. The molecule has 0 saturated carbocycles. The number of anilines is 1. The van der Waals surface area contributed by atoms with Crippen molar-refractivity contribution < 1.29 is 14.7 Å². The van der Waals surface area contributed by atoms with E-state index in [1.807, 2.05) is 0 Å². The van der Waals surface area contributed by atoms with E-state index in [1.54, 1.807) is 18.2 Å². The minimum absolute atomic E-state index is 0.0206. The minimum atomic E-state index is -1.14. The van der Waals surface area contributed by atoms with Crippen LogP contribution in [0.15, 0.2) is 41.0 Å². The van der Waals surface area contributed by atoms with Crippen molar-refractivity contribution in [2.24, 2.45) is 0 Å². The Morgan fingerprint density at radius 2 is 1.90 bits per heavy atom. The van der Waals surface area contributed by atoms with Gasteiger partial charge in [-0.15, -0.1) is 0 Å². The highest BCUT2D eigenvalue weighted by Gasteiger charge is 2.17. The Morgan fingerprint density at radius 1 is 1.20 bits per heavy atom. The van der Waals surface area contributed by atoms with E-state index in [0.29, 0.717) is 4.47 Å². The van der Waals surface area contributed by atoms with Crippen LogP contribution >= 0.6 is 27.5 Å². The van der Waals surface area contributed by atoms with Crippen molar-refractivity contribution in [1.82, 2.24) is 4.98 Å². The zero-order chi connectivity index (χ0) is 14.7. The van der Waals surface area contributed by atoms with Crippen molar-refractivity contribution in [2.45, 2.75) is 0 Å². The molecule has 5 nitrogen and oxygen atoms in total. The summed E-state index contributed by atoms with van der Waals surface area (Å²) >= 11 is 9.04. The number of nitrogens with zero attached hydrogens (tertiary/aromatic N) is 1. The van der Waals surface area contributed by atoms with Crippen molar-refractivity contribution in [3.05, 3.63) is 57.3 Å². The highest BCUT2D eigenvalue weighted by atomic mass is 79.9. The van der Waals surface area contributed by atoms with Crippen LogP contribution in [0, 0.1) is 0 Å². The van der Waals surface area contributed by atoms with Gasteiger partial charge in [0, 0.05) is 10.7 Å². The average molecular weight is 356 g/mol. The molecule has 0 aliphatic rings. The molecule has 2 N–H and O–H groups in total. The molecule has 1 aromatic heterocycles. The number of pyridine rings is 1. The van der Waals surface area contributed by atoms with E-state index in [1.165, 1.54) is 18.3 Å². The number of rotatable bonds is 3. The fourth-order valence-electron chi connectivity index (χ4n) is 1.57. The van der Waals surface area contributed by atoms with Gasteiger partial charge in [-0.2, -0.15) is 0 Å². The number of halogens is 2. The molecule has 0 fully saturated rings. The molecule has 102 valence electrons. The fraction of sp³-hybridized carbons (Fsp3) is 0. The van der Waals surface area contributed by atoms with Crippen LogP contribution in [0.2, 0.25) is 5.15 Å². The number of para-hydroxylation sites is 1. The average Bonchev–Trinajstić information content (AvgIpc) is 2.41. The van der Waals surface area contributed by atoms with Crippen molar-refractivity contribution in [3.8, 4) is 0 Å². The summed E-state index contributed by atoms with van der Waals surface area (Å²) in [5, 5.41) is 11.7. The van der Waals surface area contributed by atoms with E-state index >= 15 is 0 Å². The Kier molecular flexibility index (Phi) is 4.36. The topological polar surface area (TPSA) is 79.3 Å². The number of aromatic carboxylic acids is 1. The lowest BCUT2D eigenvalue weighted by Gasteiger charge is -2.11. The molecule has 1 aromatic carbocycles. The number of hydrogen-bond acceptors (Lipinski definition) is 3. The lowest BCUT2D eigenvalue weighted by molar-refractivity contribution is 0.0698. The van der Waals surface area contributed by atoms with Gasteiger partial charge in [0.25, 0.3) is 5.91 Å². The van der Waals surface area contributed by atoms with Crippen LogP contribution in [0.5, 0.6) is 0 Å². The molecule has 0 saturated heterocycles. The van der Waals surface area contributed by atoms with E-state index in [0.717, 1.165) is 0 Å². The molecular weight excluding hydrogens is 348 g/mol. The summed E-state index contributed by atoms with van der Waals surface area (Å²) < 4.78 is 0.464. The maximum Gasteiger partial charge on any atom is 0.337 e. The van der Waals surface area contributed by atoms with Crippen LogP contribution < -0.4 is 5.32 Å². The van der Waals surface area contributed by atoms with Gasteiger partial charge in [-0.25, -0.2) is 9.78 Å². The molecule has 20 heavy (non-hydrogen) atoms. The Hall–Kier alpha value is -1.92. The first kappa shape index (κ1) is 14.5. The predicted molar refractivity (Wildman–Crippen MR) is 78.3 cm³/mol. The number of carboxylic acid groups (broad SMARTS) is 1. The largest absolute Gasteiger partial charge is 0.478 e. The lowest BCUT2D eigenvalue weighted by atomic mass is 10.1. The molecule has 0 bridgehead atoms. The first-order valence-corrected chi connectivity index (χ1v) is 6.61. The van der Waals surface area contributed by atoms with Crippen LogP contribution in [0.1, 0.15) is 20.7 Å². The van der Waals surface area contributed by atoms with Crippen LogP contribution in [0.4, 0.5) is 5.69 Å². The third-order valence-electron chi connectivity index (χ3n) is 2.49. The third kappa shape index (κ3) is 2.97. The van der Waals surface area contributed by atoms with Gasteiger partial charge in [0.2, 0.25) is 0 Å². The molecule has 0 atom stereocenters. The Bertz CT molecular complexity index is 691. The van der Waals surface area contributed by atoms with Gasteiger partial charge in [-0.3, -0.25) is 4.79 Å². The van der Waals surface area contributed by atoms with Crippen molar-refractivity contribution >= 4 is 45.1 Å². The van der Waals surface area contributed by atoms with Crippen molar-refractivity contribution in [3.63, 3.8) is 0 Å². The fourth-order valence-corrected chi connectivity index (χ4v) is 2.24. The molecule has 1 heterocycles. The number of hydrogen-bond donors (Lipinski definition) is 2. The van der Waals surface area contributed by atoms with E-state index in [-0.39, 0.29) is 22.0 Å². The zero-order valence-electron chi connectivity index (χ0n) is 9.93. The van der Waals surface area contributed by atoms with Gasteiger partial charge in [0.15, 0.2) is 0 Å². The summed E-state index contributed by atoms with van der Waals surface area (Å²) in [6.07, 6.45) is 1.46. The molecular formula is C13H8BrClN2O3. The minimum Gasteiger partial charge on any atom is -0.478 e. The van der Waals surface area contributed by atoms with Gasteiger partial charge in [0.1, 0.15) is 5.15 Å². The van der Waals surface area contributed by atoms with Gasteiger partial charge in [-0.05, 0) is 40.2 Å². The third-order valence-corrected chi connectivity index (χ3v) is 3.45. The molecule has 0 spiro atoms. The maximum absolute atomic E-state index is 12.1. The van der Waals surface area contributed by atoms with E-state index in [2.05, 4.69) is 26.2 Å². The Morgan fingerprint density at radius 3 is 2.55 bits per heavy atom. The molecule has 0 radical (unpaired) electrons. The highest BCUT2D eigenvalue weighted by molar-refractivity contribution is 9.10. The number of carbonyl (C=O) groups is 2. The highest BCUT2D eigenvalue weighted by Crippen LogP contribution is 2.27. The van der Waals surface area contributed by atoms with Crippen molar-refractivity contribution in [1.29, 1.82) is 0 Å². The quantitative estimate of drug-likeness (QED) is 0.827. The number of carbonyl (C=O) groups excluding carboxylic acids is 1. The number of aromatic nitrogens is 1. The molecule has 0 aliphatic heterocycles. The smallest absolute Gasteiger partial charge is 0.337 e. The Balaban J connectivity index is 2.38. The summed E-state index contributed by atoms with van der Waals surface area (Å²) in [4.78, 5) is 27.1. The lowest BCUT2D eigenvalue weighted by Crippen LogP contribution is -2.16. The summed E-state index contributed by atoms with van der Waals surface area (Å²) in [5.41, 5.74) is 0.318. The molecule has 0 unspecified atom stereocenters. The van der Waals surface area contributed by atoms with Gasteiger partial charge >= 0.3 is 5.97 Å². The first-order chi connectivity index (χ1) is 9.50. The summed E-state index contributed by atoms with van der Waals surface area (Å²) in [6, 6.07) is 7.67. The zero-order valence-corrected chi connectivity index (χ0v) is 12.3. The monoisotopic (exact) mass is 354 g/mol. The predicted octanol–water partition coefficient (Wildman–Crippen LogP) is 3.45. The van der Waals surface area contributed by atoms with E-state index in [9.17, 15) is 9.59 Å². The van der Waals surface area contributed by atoms with Gasteiger partial charge in [-0.1, -0.05) is 17.7 Å². The van der Waals surface area contributed by atoms with Gasteiger partial charge < -0.3 is 10.4 Å². The molecule has 1 amide bonds. The Labute approximate surface area is 127 Å². The summed E-state index contributed by atoms with van der Waals surface area (Å²) in [6.45, 7) is 0. The number of amides is 1. The number of nitrogens with one attached hydrogen (secondary N) is 1. The summed E-state index contributed by atoms with van der Waals surface area (Å²) in [7, 11) is 0. The van der Waals surface area contributed by atoms with Crippen LogP contribution in [0.25, 0.3) is 0 Å². The molecule has 7 heteroatoms.